The van der Waals surface area contributed by atoms with Crippen molar-refractivity contribution in [3.05, 3.63) is 47.3 Å². The number of halogens is 1. The van der Waals surface area contributed by atoms with Crippen molar-refractivity contribution >= 4 is 8.07 Å². The monoisotopic (exact) mass is 365 g/mol. The maximum Gasteiger partial charge on any atom is 0.132 e. The minimum Gasteiger partial charge on any atom is -0.496 e. The molecule has 2 rings (SSSR count). The first-order chi connectivity index (χ1) is 11.7. The predicted molar refractivity (Wildman–Crippen MR) is 100 cm³/mol. The van der Waals surface area contributed by atoms with Gasteiger partial charge in [0, 0.05) is 32.1 Å². The number of rotatable bonds is 8. The molecule has 0 aliphatic rings. The summed E-state index contributed by atoms with van der Waals surface area (Å²) in [5.41, 5.74) is 7.89. The Balaban J connectivity index is 2.19. The highest BCUT2D eigenvalue weighted by atomic mass is 28.3. The molecule has 2 aromatic rings. The Morgan fingerprint density at radius 1 is 1.32 bits per heavy atom. The molecule has 1 atom stereocenters. The van der Waals surface area contributed by atoms with Gasteiger partial charge in [0.25, 0.3) is 0 Å². The van der Waals surface area contributed by atoms with Gasteiger partial charge < -0.3 is 19.8 Å². The summed E-state index contributed by atoms with van der Waals surface area (Å²) in [5.74, 6) is 0.822. The molecule has 0 aliphatic heterocycles. The van der Waals surface area contributed by atoms with E-state index in [-0.39, 0.29) is 5.82 Å². The number of nitrogens with two attached hydrogens (primary N) is 1. The average Bonchev–Trinajstić information content (AvgIpc) is 2.91. The van der Waals surface area contributed by atoms with Gasteiger partial charge in [-0.2, -0.15) is 0 Å². The molecule has 0 saturated heterocycles. The van der Waals surface area contributed by atoms with Gasteiger partial charge in [-0.15, -0.1) is 0 Å². The van der Waals surface area contributed by atoms with Gasteiger partial charge in [-0.1, -0.05) is 19.6 Å². The van der Waals surface area contributed by atoms with Crippen LogP contribution in [0.3, 0.4) is 0 Å². The second-order valence-corrected chi connectivity index (χ2v) is 13.0. The summed E-state index contributed by atoms with van der Waals surface area (Å²) in [4.78, 5) is 4.41. The summed E-state index contributed by atoms with van der Waals surface area (Å²) in [6.45, 7) is 10.00. The zero-order chi connectivity index (χ0) is 18.6. The number of hydrogen-bond acceptors (Lipinski definition) is 4. The Morgan fingerprint density at radius 2 is 2.04 bits per heavy atom. The number of benzene rings is 1. The predicted octanol–water partition coefficient (Wildman–Crippen LogP) is 3.70. The summed E-state index contributed by atoms with van der Waals surface area (Å²) in [7, 11) is 0.410. The zero-order valence-corrected chi connectivity index (χ0v) is 16.7. The minimum atomic E-state index is -1.13. The Hall–Kier alpha value is -1.70. The van der Waals surface area contributed by atoms with Crippen molar-refractivity contribution in [1.82, 2.24) is 9.55 Å². The van der Waals surface area contributed by atoms with Crippen molar-refractivity contribution in [3.8, 4) is 5.75 Å². The van der Waals surface area contributed by atoms with Crippen LogP contribution < -0.4 is 10.5 Å². The topological polar surface area (TPSA) is 62.3 Å². The number of imidazole rings is 1. The SMILES string of the molecule is COc1ccc(F)cc1C(N)c1ncc(C)n1COCC[Si](C)(C)C. The van der Waals surface area contributed by atoms with Gasteiger partial charge in [0.1, 0.15) is 24.1 Å². The van der Waals surface area contributed by atoms with Crippen molar-refractivity contribution in [1.29, 1.82) is 0 Å². The molecule has 138 valence electrons. The van der Waals surface area contributed by atoms with E-state index in [0.717, 1.165) is 11.7 Å². The molecule has 2 N–H and O–H groups in total. The highest BCUT2D eigenvalue weighted by Gasteiger charge is 2.21. The molecule has 0 fully saturated rings. The number of nitrogens with zero attached hydrogens (tertiary/aromatic N) is 2. The van der Waals surface area contributed by atoms with Gasteiger partial charge in [0.2, 0.25) is 0 Å². The van der Waals surface area contributed by atoms with Crippen molar-refractivity contribution in [3.63, 3.8) is 0 Å². The second-order valence-electron chi connectivity index (χ2n) is 7.40. The smallest absolute Gasteiger partial charge is 0.132 e. The Kier molecular flexibility index (Phi) is 6.37. The largest absolute Gasteiger partial charge is 0.496 e. The molecular weight excluding hydrogens is 337 g/mol. The van der Waals surface area contributed by atoms with Crippen molar-refractivity contribution in [2.75, 3.05) is 13.7 Å². The first kappa shape index (κ1) is 19.6. The first-order valence-corrected chi connectivity index (χ1v) is 12.1. The van der Waals surface area contributed by atoms with Gasteiger partial charge >= 0.3 is 0 Å². The summed E-state index contributed by atoms with van der Waals surface area (Å²) in [5, 5.41) is 0. The summed E-state index contributed by atoms with van der Waals surface area (Å²) < 4.78 is 26.8. The Bertz CT molecular complexity index is 713. The Morgan fingerprint density at radius 3 is 2.68 bits per heavy atom. The zero-order valence-electron chi connectivity index (χ0n) is 15.7. The highest BCUT2D eigenvalue weighted by Crippen LogP contribution is 2.29. The van der Waals surface area contributed by atoms with E-state index in [0.29, 0.717) is 30.5 Å². The van der Waals surface area contributed by atoms with Gasteiger partial charge in [-0.05, 0) is 31.2 Å². The second kappa shape index (κ2) is 8.12. The fourth-order valence-corrected chi connectivity index (χ4v) is 3.27. The fraction of sp³-hybridized carbons (Fsp3) is 0.500. The Labute approximate surface area is 150 Å². The molecule has 1 heterocycles. The average molecular weight is 366 g/mol. The minimum absolute atomic E-state index is 0.354. The number of methoxy groups -OCH3 is 1. The molecule has 0 spiro atoms. The van der Waals surface area contributed by atoms with Crippen LogP contribution in [0.1, 0.15) is 23.1 Å². The van der Waals surface area contributed by atoms with Crippen LogP contribution in [0, 0.1) is 12.7 Å². The van der Waals surface area contributed by atoms with Crippen LogP contribution in [0.25, 0.3) is 0 Å². The van der Waals surface area contributed by atoms with E-state index in [1.165, 1.54) is 12.1 Å². The molecule has 0 aliphatic carbocycles. The van der Waals surface area contributed by atoms with E-state index in [1.807, 2.05) is 11.5 Å². The van der Waals surface area contributed by atoms with E-state index in [4.69, 9.17) is 15.2 Å². The lowest BCUT2D eigenvalue weighted by molar-refractivity contribution is 0.0833. The van der Waals surface area contributed by atoms with E-state index in [9.17, 15) is 4.39 Å². The molecule has 0 radical (unpaired) electrons. The molecule has 25 heavy (non-hydrogen) atoms. The quantitative estimate of drug-likeness (QED) is 0.572. The molecule has 1 aromatic heterocycles. The number of hydrogen-bond donors (Lipinski definition) is 1. The van der Waals surface area contributed by atoms with Crippen LogP contribution in [0.5, 0.6) is 5.75 Å². The van der Waals surface area contributed by atoms with Crippen LogP contribution in [0.15, 0.2) is 24.4 Å². The lowest BCUT2D eigenvalue weighted by Crippen LogP contribution is -2.23. The molecule has 0 bridgehead atoms. The first-order valence-electron chi connectivity index (χ1n) is 8.41. The third-order valence-corrected chi connectivity index (χ3v) is 5.81. The van der Waals surface area contributed by atoms with Crippen molar-refractivity contribution in [2.24, 2.45) is 5.73 Å². The highest BCUT2D eigenvalue weighted by molar-refractivity contribution is 6.76. The van der Waals surface area contributed by atoms with Crippen molar-refractivity contribution < 1.29 is 13.9 Å². The van der Waals surface area contributed by atoms with Crippen LogP contribution in [0.2, 0.25) is 25.7 Å². The maximum atomic E-state index is 13.7. The molecular formula is C18H28FN3O2Si. The van der Waals surface area contributed by atoms with E-state index >= 15 is 0 Å². The van der Waals surface area contributed by atoms with E-state index < -0.39 is 14.1 Å². The lowest BCUT2D eigenvalue weighted by atomic mass is 10.1. The molecule has 1 unspecified atom stereocenters. The summed E-state index contributed by atoms with van der Waals surface area (Å²) in [6.07, 6.45) is 1.75. The number of ether oxygens (including phenoxy) is 2. The fourth-order valence-electron chi connectivity index (χ4n) is 2.52. The van der Waals surface area contributed by atoms with E-state index in [1.54, 1.807) is 19.4 Å². The molecule has 1 aromatic carbocycles. The summed E-state index contributed by atoms with van der Waals surface area (Å²) in [6, 6.07) is 4.82. The molecule has 0 amide bonds. The van der Waals surface area contributed by atoms with Crippen molar-refractivity contribution in [2.45, 2.75) is 45.4 Å². The van der Waals surface area contributed by atoms with Crippen LogP contribution in [-0.4, -0.2) is 31.3 Å². The van der Waals surface area contributed by atoms with E-state index in [2.05, 4.69) is 24.6 Å². The normalized spacial score (nSPS) is 13.1. The third kappa shape index (κ3) is 5.13. The molecule has 7 heteroatoms. The third-order valence-electron chi connectivity index (χ3n) is 4.11. The maximum absolute atomic E-state index is 13.7. The van der Waals surface area contributed by atoms with Gasteiger partial charge in [0.15, 0.2) is 0 Å². The number of aromatic nitrogens is 2. The van der Waals surface area contributed by atoms with Gasteiger partial charge in [0.05, 0.1) is 13.2 Å². The van der Waals surface area contributed by atoms with Crippen LogP contribution >= 0.6 is 0 Å². The molecule has 0 saturated carbocycles. The standard InChI is InChI=1S/C18H28FN3O2Si/c1-13-11-21-18(22(13)12-24-8-9-25(3,4)5)17(20)15-10-14(19)6-7-16(15)23-2/h6-7,10-11,17H,8-9,12,20H2,1-5H3. The molecule has 5 nitrogen and oxygen atoms in total. The van der Waals surface area contributed by atoms with Crippen LogP contribution in [-0.2, 0) is 11.5 Å². The van der Waals surface area contributed by atoms with Gasteiger partial charge in [-0.3, -0.25) is 0 Å². The summed E-state index contributed by atoms with van der Waals surface area (Å²) >= 11 is 0. The van der Waals surface area contributed by atoms with Crippen LogP contribution in [0.4, 0.5) is 4.39 Å². The van der Waals surface area contributed by atoms with Gasteiger partial charge in [-0.25, -0.2) is 9.37 Å². The lowest BCUT2D eigenvalue weighted by Gasteiger charge is -2.19. The number of aryl methyl sites for hydroxylation is 1.